The number of carbonyl (C=O) groups is 1. The monoisotopic (exact) mass is 304 g/mol. The molecule has 8 heteroatoms. The minimum Gasteiger partial charge on any atom is -0.495 e. The van der Waals surface area contributed by atoms with Crippen LogP contribution in [0.3, 0.4) is 0 Å². The Hall–Kier alpha value is -2.22. The molecule has 21 heavy (non-hydrogen) atoms. The van der Waals surface area contributed by atoms with E-state index < -0.39 is 29.3 Å². The number of carboxylic acid groups (broad SMARTS) is 1. The van der Waals surface area contributed by atoms with Crippen molar-refractivity contribution in [3.8, 4) is 5.75 Å². The van der Waals surface area contributed by atoms with Gasteiger partial charge >= 0.3 is 17.9 Å². The van der Waals surface area contributed by atoms with Gasteiger partial charge in [0.15, 0.2) is 5.57 Å². The largest absolute Gasteiger partial charge is 0.495 e. The van der Waals surface area contributed by atoms with Crippen LogP contribution < -0.4 is 4.74 Å². The highest BCUT2D eigenvalue weighted by atomic mass is 19.4. The van der Waals surface area contributed by atoms with Crippen LogP contribution in [0.15, 0.2) is 29.8 Å². The molecule has 1 aliphatic heterocycles. The van der Waals surface area contributed by atoms with E-state index in [2.05, 4.69) is 4.74 Å². The number of para-hydroxylation sites is 1. The first-order valence-electron chi connectivity index (χ1n) is 5.71. The maximum atomic E-state index is 13.4. The van der Waals surface area contributed by atoms with Crippen molar-refractivity contribution < 1.29 is 37.3 Å². The minimum atomic E-state index is -5.12. The summed E-state index contributed by atoms with van der Waals surface area (Å²) >= 11 is 0. The molecule has 0 radical (unpaired) electrons. The quantitative estimate of drug-likeness (QED) is 0.929. The molecule has 1 aromatic carbocycles. The van der Waals surface area contributed by atoms with Crippen molar-refractivity contribution in [2.45, 2.75) is 12.0 Å². The second kappa shape index (κ2) is 4.96. The Morgan fingerprint density at radius 3 is 2.38 bits per heavy atom. The van der Waals surface area contributed by atoms with Crippen molar-refractivity contribution in [1.29, 1.82) is 0 Å². The van der Waals surface area contributed by atoms with E-state index in [1.165, 1.54) is 24.3 Å². The van der Waals surface area contributed by atoms with E-state index in [1.54, 1.807) is 0 Å². The fourth-order valence-electron chi connectivity index (χ4n) is 2.14. The van der Waals surface area contributed by atoms with Crippen LogP contribution >= 0.6 is 0 Å². The molecule has 0 saturated carbocycles. The summed E-state index contributed by atoms with van der Waals surface area (Å²) < 4.78 is 54.4. The van der Waals surface area contributed by atoms with Gasteiger partial charge in [-0.05, 0) is 12.1 Å². The van der Waals surface area contributed by atoms with E-state index >= 15 is 0 Å². The lowest BCUT2D eigenvalue weighted by atomic mass is 9.96. The average molecular weight is 304 g/mol. The predicted octanol–water partition coefficient (Wildman–Crippen LogP) is 2.43. The molecule has 2 rings (SSSR count). The number of rotatable bonds is 3. The number of fused-ring (bicyclic) bond motifs is 1. The molecule has 5 nitrogen and oxygen atoms in total. The van der Waals surface area contributed by atoms with Crippen LogP contribution in [0.25, 0.3) is 5.76 Å². The maximum Gasteiger partial charge on any atom is 0.461 e. The Balaban J connectivity index is 2.84. The van der Waals surface area contributed by atoms with E-state index in [-0.39, 0.29) is 11.3 Å². The van der Waals surface area contributed by atoms with Gasteiger partial charge in [0.05, 0.1) is 12.7 Å². The molecule has 114 valence electrons. The number of aliphatic carboxylic acids is 1. The second-order valence-corrected chi connectivity index (χ2v) is 4.13. The summed E-state index contributed by atoms with van der Waals surface area (Å²) in [6.45, 7) is 0. The molecule has 0 amide bonds. The van der Waals surface area contributed by atoms with Crippen molar-refractivity contribution in [3.63, 3.8) is 0 Å². The van der Waals surface area contributed by atoms with Gasteiger partial charge in [-0.3, -0.25) is 0 Å². The third-order valence-electron chi connectivity index (χ3n) is 3.02. The van der Waals surface area contributed by atoms with Crippen LogP contribution in [0.4, 0.5) is 13.2 Å². The van der Waals surface area contributed by atoms with Crippen molar-refractivity contribution >= 4 is 11.7 Å². The number of alkyl halides is 3. The van der Waals surface area contributed by atoms with Crippen LogP contribution in [0.1, 0.15) is 5.56 Å². The molecule has 0 spiro atoms. The Morgan fingerprint density at radius 2 is 1.90 bits per heavy atom. The molecular formula is C13H11F3O5. The Morgan fingerprint density at radius 1 is 1.29 bits per heavy atom. The third kappa shape index (κ3) is 2.11. The summed E-state index contributed by atoms with van der Waals surface area (Å²) in [5, 5.41) is 9.20. The van der Waals surface area contributed by atoms with Crippen molar-refractivity contribution in [1.82, 2.24) is 0 Å². The SMILES string of the molecule is COC1=C(C(=O)O)C(OC)(C(F)(F)F)Oc2ccccc21. The fraction of sp³-hybridized carbons (Fsp3) is 0.308. The molecule has 1 aromatic rings. The number of halogens is 3. The highest BCUT2D eigenvalue weighted by Gasteiger charge is 2.66. The zero-order chi connectivity index (χ0) is 15.8. The lowest BCUT2D eigenvalue weighted by Crippen LogP contribution is -2.57. The van der Waals surface area contributed by atoms with Crippen molar-refractivity contribution in [2.24, 2.45) is 0 Å². The number of hydrogen-bond donors (Lipinski definition) is 1. The smallest absolute Gasteiger partial charge is 0.461 e. The summed E-state index contributed by atoms with van der Waals surface area (Å²) in [7, 11) is 1.80. The Labute approximate surface area is 117 Å². The van der Waals surface area contributed by atoms with Gasteiger partial charge in [-0.2, -0.15) is 13.2 Å². The maximum absolute atomic E-state index is 13.4. The number of carboxylic acids is 1. The summed E-state index contributed by atoms with van der Waals surface area (Å²) in [6, 6.07) is 5.64. The first kappa shape index (κ1) is 15.2. The van der Waals surface area contributed by atoms with Crippen LogP contribution in [0.5, 0.6) is 5.75 Å². The van der Waals surface area contributed by atoms with E-state index in [1.807, 2.05) is 0 Å². The fourth-order valence-corrected chi connectivity index (χ4v) is 2.14. The lowest BCUT2D eigenvalue weighted by Gasteiger charge is -2.38. The highest BCUT2D eigenvalue weighted by Crippen LogP contribution is 2.48. The molecule has 1 unspecified atom stereocenters. The van der Waals surface area contributed by atoms with Gasteiger partial charge in [-0.25, -0.2) is 4.79 Å². The molecule has 1 aliphatic rings. The van der Waals surface area contributed by atoms with Crippen LogP contribution in [-0.4, -0.2) is 37.3 Å². The highest BCUT2D eigenvalue weighted by molar-refractivity contribution is 5.98. The zero-order valence-corrected chi connectivity index (χ0v) is 11.0. The summed E-state index contributed by atoms with van der Waals surface area (Å²) in [5.41, 5.74) is -1.05. The van der Waals surface area contributed by atoms with Gasteiger partial charge in [0.1, 0.15) is 11.5 Å². The van der Waals surface area contributed by atoms with Gasteiger partial charge in [-0.1, -0.05) is 12.1 Å². The van der Waals surface area contributed by atoms with Gasteiger partial charge in [0.2, 0.25) is 0 Å². The van der Waals surface area contributed by atoms with E-state index in [4.69, 9.17) is 9.47 Å². The number of benzene rings is 1. The molecule has 0 aromatic heterocycles. The average Bonchev–Trinajstić information content (AvgIpc) is 2.43. The topological polar surface area (TPSA) is 65.0 Å². The third-order valence-corrected chi connectivity index (χ3v) is 3.02. The van der Waals surface area contributed by atoms with Crippen LogP contribution in [0.2, 0.25) is 0 Å². The van der Waals surface area contributed by atoms with Gasteiger partial charge in [0, 0.05) is 7.11 Å². The number of hydrogen-bond acceptors (Lipinski definition) is 4. The standard InChI is InChI=1S/C13H11F3O5/c1-19-10-7-5-3-4-6-8(7)21-12(20-2,13(14,15)16)9(10)11(17)18/h3-6H,1-2H3,(H,17,18). The molecule has 1 heterocycles. The molecular weight excluding hydrogens is 293 g/mol. The molecule has 1 atom stereocenters. The summed E-state index contributed by atoms with van der Waals surface area (Å²) in [5.74, 6) is -5.92. The van der Waals surface area contributed by atoms with E-state index in [0.29, 0.717) is 0 Å². The first-order valence-corrected chi connectivity index (χ1v) is 5.71. The van der Waals surface area contributed by atoms with Crippen molar-refractivity contribution in [3.05, 3.63) is 35.4 Å². The molecule has 0 bridgehead atoms. The number of methoxy groups -OCH3 is 2. The summed E-state index contributed by atoms with van der Waals surface area (Å²) in [6.07, 6.45) is -5.12. The Kier molecular flexibility index (Phi) is 3.58. The Bertz CT molecular complexity index is 608. The molecule has 1 N–H and O–H groups in total. The second-order valence-electron chi connectivity index (χ2n) is 4.13. The van der Waals surface area contributed by atoms with Crippen LogP contribution in [0, 0.1) is 0 Å². The normalized spacial score (nSPS) is 21.6. The number of ether oxygens (including phenoxy) is 3. The summed E-state index contributed by atoms with van der Waals surface area (Å²) in [4.78, 5) is 11.4. The van der Waals surface area contributed by atoms with E-state index in [9.17, 15) is 23.1 Å². The van der Waals surface area contributed by atoms with Gasteiger partial charge < -0.3 is 19.3 Å². The molecule has 0 aliphatic carbocycles. The first-order chi connectivity index (χ1) is 9.78. The predicted molar refractivity (Wildman–Crippen MR) is 64.4 cm³/mol. The van der Waals surface area contributed by atoms with Crippen molar-refractivity contribution in [2.75, 3.05) is 14.2 Å². The van der Waals surface area contributed by atoms with E-state index in [0.717, 1.165) is 14.2 Å². The molecule has 0 saturated heterocycles. The lowest BCUT2D eigenvalue weighted by molar-refractivity contribution is -0.326. The van der Waals surface area contributed by atoms with Gasteiger partial charge in [0.25, 0.3) is 0 Å². The molecule has 0 fully saturated rings. The van der Waals surface area contributed by atoms with Gasteiger partial charge in [-0.15, -0.1) is 0 Å². The zero-order valence-electron chi connectivity index (χ0n) is 11.0. The van der Waals surface area contributed by atoms with Crippen LogP contribution in [-0.2, 0) is 14.3 Å². The minimum absolute atomic E-state index is 0.106.